The van der Waals surface area contributed by atoms with Crippen LogP contribution in [0.4, 0.5) is 0 Å². The Bertz CT molecular complexity index is 398. The molecule has 126 valence electrons. The quantitative estimate of drug-likeness (QED) is 0.780. The Kier molecular flexibility index (Phi) is 7.18. The summed E-state index contributed by atoms with van der Waals surface area (Å²) in [5.74, 6) is 2.67. The van der Waals surface area contributed by atoms with Crippen LogP contribution >= 0.6 is 0 Å². The molecule has 21 heavy (non-hydrogen) atoms. The van der Waals surface area contributed by atoms with E-state index in [-0.39, 0.29) is 5.54 Å². The Balaban J connectivity index is 2.56. The summed E-state index contributed by atoms with van der Waals surface area (Å²) in [6.45, 7) is 11.9. The first-order valence-corrected chi connectivity index (χ1v) is 10.4. The Morgan fingerprint density at radius 3 is 2.33 bits per heavy atom. The van der Waals surface area contributed by atoms with E-state index in [1.807, 2.05) is 6.92 Å². The summed E-state index contributed by atoms with van der Waals surface area (Å²) in [5, 5.41) is 3.61. The molecule has 0 aromatic carbocycles. The Morgan fingerprint density at radius 2 is 1.76 bits per heavy atom. The molecule has 3 atom stereocenters. The van der Waals surface area contributed by atoms with Crippen molar-refractivity contribution in [2.24, 2.45) is 17.8 Å². The van der Waals surface area contributed by atoms with Crippen molar-refractivity contribution in [2.75, 3.05) is 18.1 Å². The highest BCUT2D eigenvalue weighted by Gasteiger charge is 2.30. The summed E-state index contributed by atoms with van der Waals surface area (Å²) in [6, 6.07) is 0. The molecule has 0 aromatic rings. The van der Waals surface area contributed by atoms with Gasteiger partial charge in [-0.2, -0.15) is 0 Å². The van der Waals surface area contributed by atoms with Crippen LogP contribution in [0.1, 0.15) is 66.7 Å². The lowest BCUT2D eigenvalue weighted by Crippen LogP contribution is -2.42. The van der Waals surface area contributed by atoms with Gasteiger partial charge in [0.1, 0.15) is 9.84 Å². The van der Waals surface area contributed by atoms with Gasteiger partial charge >= 0.3 is 0 Å². The lowest BCUT2D eigenvalue weighted by atomic mass is 9.73. The largest absolute Gasteiger partial charge is 0.312 e. The predicted molar refractivity (Wildman–Crippen MR) is 91.3 cm³/mol. The highest BCUT2D eigenvalue weighted by molar-refractivity contribution is 7.91. The molecule has 4 heteroatoms. The average molecular weight is 318 g/mol. The molecule has 0 amide bonds. The van der Waals surface area contributed by atoms with E-state index >= 15 is 0 Å². The Labute approximate surface area is 132 Å². The lowest BCUT2D eigenvalue weighted by Gasteiger charge is -2.37. The molecule has 0 heterocycles. The van der Waals surface area contributed by atoms with Gasteiger partial charge in [0.2, 0.25) is 0 Å². The summed E-state index contributed by atoms with van der Waals surface area (Å²) in [7, 11) is -2.84. The van der Waals surface area contributed by atoms with Crippen LogP contribution in [-0.4, -0.2) is 32.0 Å². The molecule has 1 aliphatic carbocycles. The molecule has 0 saturated heterocycles. The van der Waals surface area contributed by atoms with E-state index in [1.54, 1.807) is 0 Å². The van der Waals surface area contributed by atoms with Gasteiger partial charge in [-0.3, -0.25) is 0 Å². The first kappa shape index (κ1) is 19.0. The van der Waals surface area contributed by atoms with E-state index in [4.69, 9.17) is 0 Å². The molecule has 0 radical (unpaired) electrons. The molecule has 1 fully saturated rings. The molecule has 0 spiro atoms. The zero-order chi connectivity index (χ0) is 16.1. The van der Waals surface area contributed by atoms with Crippen LogP contribution in [-0.2, 0) is 9.84 Å². The Hall–Kier alpha value is -0.0900. The van der Waals surface area contributed by atoms with Crippen molar-refractivity contribution in [3.63, 3.8) is 0 Å². The second-order valence-electron chi connectivity index (χ2n) is 8.01. The van der Waals surface area contributed by atoms with E-state index in [9.17, 15) is 8.42 Å². The van der Waals surface area contributed by atoms with Crippen molar-refractivity contribution in [1.82, 2.24) is 5.32 Å². The van der Waals surface area contributed by atoms with Crippen LogP contribution in [0.5, 0.6) is 0 Å². The van der Waals surface area contributed by atoms with Gasteiger partial charge in [-0.05, 0) is 70.8 Å². The molecular weight excluding hydrogens is 282 g/mol. The van der Waals surface area contributed by atoms with Gasteiger partial charge in [0.15, 0.2) is 0 Å². The van der Waals surface area contributed by atoms with Crippen molar-refractivity contribution in [3.05, 3.63) is 0 Å². The van der Waals surface area contributed by atoms with Crippen LogP contribution in [0.3, 0.4) is 0 Å². The zero-order valence-corrected chi connectivity index (χ0v) is 15.4. The predicted octanol–water partition coefficient (Wildman–Crippen LogP) is 3.64. The number of nitrogens with one attached hydrogen (secondary N) is 1. The minimum Gasteiger partial charge on any atom is -0.312 e. The van der Waals surface area contributed by atoms with Gasteiger partial charge in [0, 0.05) is 11.3 Å². The lowest BCUT2D eigenvalue weighted by molar-refractivity contribution is 0.171. The molecule has 0 aliphatic heterocycles. The molecule has 1 aliphatic rings. The molecule has 0 aromatic heterocycles. The molecule has 3 unspecified atom stereocenters. The topological polar surface area (TPSA) is 46.2 Å². The first-order chi connectivity index (χ1) is 9.63. The average Bonchev–Trinajstić information content (AvgIpc) is 2.34. The molecular formula is C17H35NO2S. The van der Waals surface area contributed by atoms with Crippen molar-refractivity contribution < 1.29 is 8.42 Å². The van der Waals surface area contributed by atoms with E-state index in [1.165, 1.54) is 19.3 Å². The van der Waals surface area contributed by atoms with Crippen molar-refractivity contribution in [1.29, 1.82) is 0 Å². The van der Waals surface area contributed by atoms with Gasteiger partial charge in [-0.15, -0.1) is 0 Å². The molecule has 1 rings (SSSR count). The fourth-order valence-electron chi connectivity index (χ4n) is 3.36. The standard InChI is InChI=1S/C17H35NO2S/c1-6-10-21(19,20)11-9-15-12-14(2)7-8-16(15)13-18-17(3,4)5/h14-16,18H,6-13H2,1-5H3. The van der Waals surface area contributed by atoms with Gasteiger partial charge in [0.05, 0.1) is 5.75 Å². The van der Waals surface area contributed by atoms with Crippen LogP contribution < -0.4 is 5.32 Å². The van der Waals surface area contributed by atoms with Gasteiger partial charge < -0.3 is 5.32 Å². The molecule has 0 bridgehead atoms. The van der Waals surface area contributed by atoms with Crippen LogP contribution in [0, 0.1) is 17.8 Å². The van der Waals surface area contributed by atoms with Crippen LogP contribution in [0.25, 0.3) is 0 Å². The minimum absolute atomic E-state index is 0.141. The van der Waals surface area contributed by atoms with E-state index in [0.717, 1.165) is 25.3 Å². The first-order valence-electron chi connectivity index (χ1n) is 8.58. The third-order valence-corrected chi connectivity index (χ3v) is 6.50. The molecule has 1 N–H and O–H groups in total. The normalized spacial score (nSPS) is 27.8. The molecule has 1 saturated carbocycles. The van der Waals surface area contributed by atoms with Gasteiger partial charge in [-0.25, -0.2) is 8.42 Å². The third-order valence-electron chi connectivity index (χ3n) is 4.61. The summed E-state index contributed by atoms with van der Waals surface area (Å²) in [4.78, 5) is 0. The number of hydrogen-bond donors (Lipinski definition) is 1. The van der Waals surface area contributed by atoms with E-state index in [0.29, 0.717) is 23.3 Å². The smallest absolute Gasteiger partial charge is 0.150 e. The van der Waals surface area contributed by atoms with E-state index in [2.05, 4.69) is 33.0 Å². The summed E-state index contributed by atoms with van der Waals surface area (Å²) >= 11 is 0. The highest BCUT2D eigenvalue weighted by Crippen LogP contribution is 2.36. The van der Waals surface area contributed by atoms with Gasteiger partial charge in [-0.1, -0.05) is 20.3 Å². The van der Waals surface area contributed by atoms with Crippen molar-refractivity contribution in [2.45, 2.75) is 72.3 Å². The maximum absolute atomic E-state index is 12.0. The summed E-state index contributed by atoms with van der Waals surface area (Å²) in [6.07, 6.45) is 5.30. The highest BCUT2D eigenvalue weighted by atomic mass is 32.2. The second kappa shape index (κ2) is 7.96. The summed E-state index contributed by atoms with van der Waals surface area (Å²) in [5.41, 5.74) is 0.141. The third kappa shape index (κ3) is 7.64. The number of sulfone groups is 1. The maximum atomic E-state index is 12.0. The van der Waals surface area contributed by atoms with Crippen molar-refractivity contribution >= 4 is 9.84 Å². The number of hydrogen-bond acceptors (Lipinski definition) is 3. The SMILES string of the molecule is CCCS(=O)(=O)CCC1CC(C)CCC1CNC(C)(C)C. The fraction of sp³-hybridized carbons (Fsp3) is 1.00. The fourth-order valence-corrected chi connectivity index (χ4v) is 4.85. The van der Waals surface area contributed by atoms with Crippen molar-refractivity contribution in [3.8, 4) is 0 Å². The number of rotatable bonds is 7. The minimum atomic E-state index is -2.84. The maximum Gasteiger partial charge on any atom is 0.150 e. The van der Waals surface area contributed by atoms with Crippen LogP contribution in [0.2, 0.25) is 0 Å². The Morgan fingerprint density at radius 1 is 1.10 bits per heavy atom. The zero-order valence-electron chi connectivity index (χ0n) is 14.6. The van der Waals surface area contributed by atoms with Crippen LogP contribution in [0.15, 0.2) is 0 Å². The monoisotopic (exact) mass is 317 g/mol. The van der Waals surface area contributed by atoms with E-state index < -0.39 is 9.84 Å². The second-order valence-corrected chi connectivity index (χ2v) is 10.3. The summed E-state index contributed by atoms with van der Waals surface area (Å²) < 4.78 is 23.9. The van der Waals surface area contributed by atoms with Gasteiger partial charge in [0.25, 0.3) is 0 Å². The molecule has 3 nitrogen and oxygen atoms in total.